The Bertz CT molecular complexity index is 412. The van der Waals surface area contributed by atoms with Gasteiger partial charge in [-0.2, -0.15) is 0 Å². The Balaban J connectivity index is 1.86. The van der Waals surface area contributed by atoms with Crippen LogP contribution in [0.5, 0.6) is 0 Å². The maximum absolute atomic E-state index is 11.7. The Morgan fingerprint density at radius 3 is 2.84 bits per heavy atom. The van der Waals surface area contributed by atoms with Crippen LogP contribution in [0.15, 0.2) is 12.1 Å². The molecule has 2 heterocycles. The van der Waals surface area contributed by atoms with Crippen LogP contribution < -0.4 is 10.6 Å². The van der Waals surface area contributed by atoms with E-state index in [2.05, 4.69) is 20.8 Å². The smallest absolute Gasteiger partial charge is 0.273 e. The molecule has 6 heteroatoms. The summed E-state index contributed by atoms with van der Waals surface area (Å²) < 4.78 is 0. The molecule has 19 heavy (non-hydrogen) atoms. The summed E-state index contributed by atoms with van der Waals surface area (Å²) in [5.41, 5.74) is 0.367. The van der Waals surface area contributed by atoms with Crippen molar-refractivity contribution in [1.29, 1.82) is 0 Å². The zero-order valence-electron chi connectivity index (χ0n) is 11.5. The van der Waals surface area contributed by atoms with Gasteiger partial charge in [-0.1, -0.05) is 6.42 Å². The van der Waals surface area contributed by atoms with E-state index in [4.69, 9.17) is 0 Å². The first-order valence-corrected chi connectivity index (χ1v) is 6.69. The number of hydrogen-bond acceptors (Lipinski definition) is 5. The molecule has 1 aliphatic heterocycles. The minimum atomic E-state index is -0.131. The van der Waals surface area contributed by atoms with Gasteiger partial charge in [0.2, 0.25) is 0 Å². The van der Waals surface area contributed by atoms with Crippen molar-refractivity contribution in [1.82, 2.24) is 20.4 Å². The molecular weight excluding hydrogens is 242 g/mol. The summed E-state index contributed by atoms with van der Waals surface area (Å²) in [6.45, 7) is 1.93. The first-order chi connectivity index (χ1) is 9.16. The zero-order chi connectivity index (χ0) is 13.7. The maximum atomic E-state index is 11.7. The van der Waals surface area contributed by atoms with Crippen molar-refractivity contribution in [3.8, 4) is 0 Å². The average Bonchev–Trinajstić information content (AvgIpc) is 2.46. The van der Waals surface area contributed by atoms with E-state index in [1.165, 1.54) is 24.2 Å². The van der Waals surface area contributed by atoms with Crippen molar-refractivity contribution in [3.05, 3.63) is 17.8 Å². The third-order valence-electron chi connectivity index (χ3n) is 3.23. The lowest BCUT2D eigenvalue weighted by atomic mass is 10.1. The van der Waals surface area contributed by atoms with Crippen LogP contribution in [0.4, 0.5) is 5.82 Å². The van der Waals surface area contributed by atoms with Crippen molar-refractivity contribution in [2.24, 2.45) is 0 Å². The largest absolute Gasteiger partial charge is 0.367 e. The fraction of sp³-hybridized carbons (Fsp3) is 0.615. The summed E-state index contributed by atoms with van der Waals surface area (Å²) >= 11 is 0. The van der Waals surface area contributed by atoms with E-state index in [0.29, 0.717) is 17.6 Å². The summed E-state index contributed by atoms with van der Waals surface area (Å²) in [5.74, 6) is 0.579. The Kier molecular flexibility index (Phi) is 4.68. The van der Waals surface area contributed by atoms with Crippen molar-refractivity contribution in [3.63, 3.8) is 0 Å². The highest BCUT2D eigenvalue weighted by atomic mass is 16.2. The van der Waals surface area contributed by atoms with Gasteiger partial charge in [0.1, 0.15) is 5.82 Å². The lowest BCUT2D eigenvalue weighted by Gasteiger charge is -2.23. The molecule has 1 fully saturated rings. The Labute approximate surface area is 113 Å². The van der Waals surface area contributed by atoms with E-state index in [1.807, 2.05) is 0 Å². The van der Waals surface area contributed by atoms with E-state index in [0.717, 1.165) is 13.1 Å². The topological polar surface area (TPSA) is 70.2 Å². The third-order valence-corrected chi connectivity index (χ3v) is 3.23. The SMILES string of the molecule is CN(C)C(=O)c1ccc(NCC2CCCCN2)nn1. The number of anilines is 1. The molecule has 6 nitrogen and oxygen atoms in total. The molecule has 0 spiro atoms. The summed E-state index contributed by atoms with van der Waals surface area (Å²) in [7, 11) is 3.40. The van der Waals surface area contributed by atoms with Gasteiger partial charge in [-0.15, -0.1) is 10.2 Å². The van der Waals surface area contributed by atoms with E-state index < -0.39 is 0 Å². The number of nitrogens with zero attached hydrogens (tertiary/aromatic N) is 3. The highest BCUT2D eigenvalue weighted by Crippen LogP contribution is 2.09. The summed E-state index contributed by atoms with van der Waals surface area (Å²) in [5, 5.41) is 14.7. The Hall–Kier alpha value is -1.69. The summed E-state index contributed by atoms with van der Waals surface area (Å²) in [4.78, 5) is 13.1. The molecule has 0 radical (unpaired) electrons. The number of carbonyl (C=O) groups is 1. The molecule has 1 unspecified atom stereocenters. The van der Waals surface area contributed by atoms with Gasteiger partial charge in [0.25, 0.3) is 5.91 Å². The second-order valence-corrected chi connectivity index (χ2v) is 5.03. The van der Waals surface area contributed by atoms with Crippen LogP contribution in [0.1, 0.15) is 29.8 Å². The van der Waals surface area contributed by atoms with E-state index in [-0.39, 0.29) is 5.91 Å². The van der Waals surface area contributed by atoms with Gasteiger partial charge in [0.15, 0.2) is 5.69 Å². The highest BCUT2D eigenvalue weighted by molar-refractivity contribution is 5.91. The first-order valence-electron chi connectivity index (χ1n) is 6.69. The normalized spacial score (nSPS) is 18.9. The summed E-state index contributed by atoms with van der Waals surface area (Å²) in [6, 6.07) is 4.00. The van der Waals surface area contributed by atoms with Crippen LogP contribution in [-0.2, 0) is 0 Å². The molecule has 1 atom stereocenters. The molecule has 1 aromatic heterocycles. The number of amides is 1. The monoisotopic (exact) mass is 263 g/mol. The number of aromatic nitrogens is 2. The van der Waals surface area contributed by atoms with Crippen molar-refractivity contribution in [2.75, 3.05) is 32.5 Å². The number of piperidine rings is 1. The van der Waals surface area contributed by atoms with Crippen molar-refractivity contribution in [2.45, 2.75) is 25.3 Å². The first kappa shape index (κ1) is 13.7. The summed E-state index contributed by atoms with van der Waals surface area (Å²) in [6.07, 6.45) is 3.73. The maximum Gasteiger partial charge on any atom is 0.273 e. The Morgan fingerprint density at radius 1 is 1.42 bits per heavy atom. The number of rotatable bonds is 4. The van der Waals surface area contributed by atoms with Crippen molar-refractivity contribution >= 4 is 11.7 Å². The zero-order valence-corrected chi connectivity index (χ0v) is 11.5. The standard InChI is InChI=1S/C13H21N5O/c1-18(2)13(19)11-6-7-12(17-16-11)15-9-10-5-3-4-8-14-10/h6-7,10,14H,3-5,8-9H2,1-2H3,(H,15,17). The van der Waals surface area contributed by atoms with Crippen LogP contribution >= 0.6 is 0 Å². The molecule has 1 aromatic rings. The van der Waals surface area contributed by atoms with Gasteiger partial charge in [0, 0.05) is 26.7 Å². The highest BCUT2D eigenvalue weighted by Gasteiger charge is 2.13. The molecule has 0 aliphatic carbocycles. The van der Waals surface area contributed by atoms with Crippen LogP contribution in [-0.4, -0.2) is 54.2 Å². The Morgan fingerprint density at radius 2 is 2.26 bits per heavy atom. The average molecular weight is 263 g/mol. The molecule has 0 bridgehead atoms. The minimum Gasteiger partial charge on any atom is -0.367 e. The van der Waals surface area contributed by atoms with Gasteiger partial charge >= 0.3 is 0 Å². The van der Waals surface area contributed by atoms with Gasteiger partial charge in [-0.05, 0) is 31.5 Å². The van der Waals surface area contributed by atoms with Gasteiger partial charge in [0.05, 0.1) is 0 Å². The van der Waals surface area contributed by atoms with Crippen LogP contribution in [0, 0.1) is 0 Å². The lowest BCUT2D eigenvalue weighted by Crippen LogP contribution is -2.39. The van der Waals surface area contributed by atoms with Gasteiger partial charge < -0.3 is 15.5 Å². The number of hydrogen-bond donors (Lipinski definition) is 2. The lowest BCUT2D eigenvalue weighted by molar-refractivity contribution is 0.0821. The van der Waals surface area contributed by atoms with Crippen LogP contribution in [0.3, 0.4) is 0 Å². The molecule has 0 saturated carbocycles. The molecule has 2 rings (SSSR count). The van der Waals surface area contributed by atoms with Crippen molar-refractivity contribution < 1.29 is 4.79 Å². The molecule has 1 saturated heterocycles. The molecular formula is C13H21N5O. The fourth-order valence-corrected chi connectivity index (χ4v) is 2.10. The fourth-order valence-electron chi connectivity index (χ4n) is 2.10. The quantitative estimate of drug-likeness (QED) is 0.838. The number of nitrogens with one attached hydrogen (secondary N) is 2. The predicted octanol–water partition coefficient (Wildman–Crippen LogP) is 0.732. The van der Waals surface area contributed by atoms with Gasteiger partial charge in [-0.25, -0.2) is 0 Å². The molecule has 104 valence electrons. The number of carbonyl (C=O) groups excluding carboxylic acids is 1. The van der Waals surface area contributed by atoms with Gasteiger partial charge in [-0.3, -0.25) is 4.79 Å². The molecule has 1 amide bonds. The minimum absolute atomic E-state index is 0.131. The molecule has 2 N–H and O–H groups in total. The second-order valence-electron chi connectivity index (χ2n) is 5.03. The molecule has 0 aromatic carbocycles. The van der Waals surface area contributed by atoms with E-state index in [9.17, 15) is 4.79 Å². The molecule has 1 aliphatic rings. The van der Waals surface area contributed by atoms with E-state index >= 15 is 0 Å². The van der Waals surface area contributed by atoms with Crippen LogP contribution in [0.25, 0.3) is 0 Å². The van der Waals surface area contributed by atoms with E-state index in [1.54, 1.807) is 26.2 Å². The third kappa shape index (κ3) is 3.89. The second kappa shape index (κ2) is 6.47. The predicted molar refractivity (Wildman–Crippen MR) is 74.2 cm³/mol. The van der Waals surface area contributed by atoms with Crippen LogP contribution in [0.2, 0.25) is 0 Å².